The van der Waals surface area contributed by atoms with Crippen LogP contribution in [0.1, 0.15) is 19.8 Å². The third kappa shape index (κ3) is 4.11. The molecule has 5 nitrogen and oxygen atoms in total. The highest BCUT2D eigenvalue weighted by Crippen LogP contribution is 2.10. The quantitative estimate of drug-likeness (QED) is 0.574. The van der Waals surface area contributed by atoms with Crippen molar-refractivity contribution < 1.29 is 14.7 Å². The summed E-state index contributed by atoms with van der Waals surface area (Å²) in [6.45, 7) is 1.69. The smallest absolute Gasteiger partial charge is 0.326 e. The van der Waals surface area contributed by atoms with E-state index in [0.717, 1.165) is 0 Å². The van der Waals surface area contributed by atoms with Crippen molar-refractivity contribution in [2.24, 2.45) is 5.92 Å². The van der Waals surface area contributed by atoms with E-state index in [9.17, 15) is 9.59 Å². The summed E-state index contributed by atoms with van der Waals surface area (Å²) in [6, 6.07) is 1.03. The zero-order valence-corrected chi connectivity index (χ0v) is 7.36. The molecule has 2 N–H and O–H groups in total. The van der Waals surface area contributed by atoms with Gasteiger partial charge < -0.3 is 10.4 Å². The molecular formula is C8H12N2O3. The molecule has 0 aromatic rings. The van der Waals surface area contributed by atoms with Crippen LogP contribution in [0.5, 0.6) is 0 Å². The van der Waals surface area contributed by atoms with Gasteiger partial charge in [-0.3, -0.25) is 4.79 Å². The van der Waals surface area contributed by atoms with E-state index in [-0.39, 0.29) is 5.92 Å². The summed E-state index contributed by atoms with van der Waals surface area (Å²) in [5, 5.41) is 19.1. The van der Waals surface area contributed by atoms with Gasteiger partial charge >= 0.3 is 5.97 Å². The van der Waals surface area contributed by atoms with Crippen LogP contribution in [0.4, 0.5) is 0 Å². The van der Waals surface area contributed by atoms with Crippen LogP contribution in [0.15, 0.2) is 0 Å². The molecule has 2 atom stereocenters. The molecule has 5 heteroatoms. The third-order valence-electron chi connectivity index (χ3n) is 1.79. The van der Waals surface area contributed by atoms with E-state index in [2.05, 4.69) is 5.32 Å². The fourth-order valence-electron chi connectivity index (χ4n) is 1.01. The molecule has 0 aliphatic rings. The SMILES string of the molecule is CC(CCC#N)C(NC=O)C(=O)O. The summed E-state index contributed by atoms with van der Waals surface area (Å²) in [4.78, 5) is 20.6. The van der Waals surface area contributed by atoms with Crippen molar-refractivity contribution in [3.05, 3.63) is 0 Å². The summed E-state index contributed by atoms with van der Waals surface area (Å²) < 4.78 is 0. The average Bonchev–Trinajstić information content (AvgIpc) is 2.09. The van der Waals surface area contributed by atoms with E-state index in [0.29, 0.717) is 19.3 Å². The summed E-state index contributed by atoms with van der Waals surface area (Å²) in [5.74, 6) is -1.31. The van der Waals surface area contributed by atoms with Crippen molar-refractivity contribution in [2.75, 3.05) is 0 Å². The molecule has 0 radical (unpaired) electrons. The van der Waals surface area contributed by atoms with Crippen LogP contribution in [0.25, 0.3) is 0 Å². The van der Waals surface area contributed by atoms with Crippen molar-refractivity contribution in [1.29, 1.82) is 5.26 Å². The van der Waals surface area contributed by atoms with Crippen LogP contribution < -0.4 is 5.32 Å². The van der Waals surface area contributed by atoms with Gasteiger partial charge in [0.1, 0.15) is 6.04 Å². The number of amides is 1. The molecule has 0 saturated heterocycles. The highest BCUT2D eigenvalue weighted by atomic mass is 16.4. The summed E-state index contributed by atoms with van der Waals surface area (Å²) in [7, 11) is 0. The predicted molar refractivity (Wildman–Crippen MR) is 44.6 cm³/mol. The summed E-state index contributed by atoms with van der Waals surface area (Å²) >= 11 is 0. The first-order valence-electron chi connectivity index (χ1n) is 3.93. The highest BCUT2D eigenvalue weighted by Gasteiger charge is 2.23. The molecule has 13 heavy (non-hydrogen) atoms. The molecule has 2 unspecified atom stereocenters. The number of nitrogens with one attached hydrogen (secondary N) is 1. The van der Waals surface area contributed by atoms with Crippen LogP contribution in [0.2, 0.25) is 0 Å². The van der Waals surface area contributed by atoms with Gasteiger partial charge in [-0.05, 0) is 12.3 Å². The van der Waals surface area contributed by atoms with Gasteiger partial charge in [-0.25, -0.2) is 4.79 Å². The fourth-order valence-corrected chi connectivity index (χ4v) is 1.01. The predicted octanol–water partition coefficient (Wildman–Crippen LogP) is 0.125. The van der Waals surface area contributed by atoms with Crippen molar-refractivity contribution in [3.8, 4) is 6.07 Å². The first-order chi connectivity index (χ1) is 6.13. The lowest BCUT2D eigenvalue weighted by Gasteiger charge is -2.17. The van der Waals surface area contributed by atoms with Gasteiger partial charge in [0.25, 0.3) is 0 Å². The molecule has 0 aromatic carbocycles. The van der Waals surface area contributed by atoms with E-state index in [1.54, 1.807) is 6.92 Å². The second kappa shape index (κ2) is 6.00. The van der Waals surface area contributed by atoms with Gasteiger partial charge in [0.05, 0.1) is 6.07 Å². The zero-order valence-electron chi connectivity index (χ0n) is 7.36. The number of hydrogen-bond acceptors (Lipinski definition) is 3. The van der Waals surface area contributed by atoms with E-state index in [1.807, 2.05) is 6.07 Å². The number of rotatable bonds is 6. The van der Waals surface area contributed by atoms with Gasteiger partial charge in [-0.2, -0.15) is 5.26 Å². The molecule has 0 heterocycles. The van der Waals surface area contributed by atoms with Crippen molar-refractivity contribution in [1.82, 2.24) is 5.32 Å². The molecule has 72 valence electrons. The monoisotopic (exact) mass is 184 g/mol. The minimum absolute atomic E-state index is 0.234. The molecule has 1 amide bonds. The number of carboxylic acids is 1. The minimum atomic E-state index is -1.07. The van der Waals surface area contributed by atoms with Crippen molar-refractivity contribution in [3.63, 3.8) is 0 Å². The van der Waals surface area contributed by atoms with Crippen molar-refractivity contribution >= 4 is 12.4 Å². The Bertz CT molecular complexity index is 222. The zero-order chi connectivity index (χ0) is 10.3. The average molecular weight is 184 g/mol. The number of nitrogens with zero attached hydrogens (tertiary/aromatic N) is 1. The largest absolute Gasteiger partial charge is 0.480 e. The standard InChI is InChI=1S/C8H12N2O3/c1-6(3-2-4-9)7(8(12)13)10-5-11/h5-7H,2-3H2,1H3,(H,10,11)(H,12,13). The Morgan fingerprint density at radius 1 is 1.77 bits per heavy atom. The van der Waals surface area contributed by atoms with Crippen molar-refractivity contribution in [2.45, 2.75) is 25.8 Å². The molecule has 0 rings (SSSR count). The molecule has 0 aliphatic carbocycles. The Morgan fingerprint density at radius 2 is 2.38 bits per heavy atom. The van der Waals surface area contributed by atoms with Crippen LogP contribution in [-0.4, -0.2) is 23.5 Å². The number of aliphatic carboxylic acids is 1. The van der Waals surface area contributed by atoms with Gasteiger partial charge in [0.2, 0.25) is 6.41 Å². The maximum absolute atomic E-state index is 10.6. The Kier molecular flexibility index (Phi) is 5.28. The van der Waals surface area contributed by atoms with Gasteiger partial charge in [-0.15, -0.1) is 0 Å². The number of carboxylic acid groups (broad SMARTS) is 1. The lowest BCUT2D eigenvalue weighted by molar-refractivity contribution is -0.142. The first kappa shape index (κ1) is 11.4. The second-order valence-corrected chi connectivity index (χ2v) is 2.77. The minimum Gasteiger partial charge on any atom is -0.480 e. The summed E-state index contributed by atoms with van der Waals surface area (Å²) in [5.41, 5.74) is 0. The van der Waals surface area contributed by atoms with Gasteiger partial charge in [0.15, 0.2) is 0 Å². The molecule has 0 aliphatic heterocycles. The van der Waals surface area contributed by atoms with E-state index in [1.165, 1.54) is 0 Å². The van der Waals surface area contributed by atoms with E-state index < -0.39 is 12.0 Å². The molecule has 0 saturated carbocycles. The molecule has 0 fully saturated rings. The normalized spacial score (nSPS) is 13.8. The van der Waals surface area contributed by atoms with Gasteiger partial charge in [0, 0.05) is 6.42 Å². The van der Waals surface area contributed by atoms with Crippen LogP contribution >= 0.6 is 0 Å². The Labute approximate surface area is 76.4 Å². The van der Waals surface area contributed by atoms with E-state index in [4.69, 9.17) is 10.4 Å². The third-order valence-corrected chi connectivity index (χ3v) is 1.79. The topological polar surface area (TPSA) is 90.2 Å². The Hall–Kier alpha value is -1.57. The first-order valence-corrected chi connectivity index (χ1v) is 3.93. The number of nitriles is 1. The maximum Gasteiger partial charge on any atom is 0.326 e. The lowest BCUT2D eigenvalue weighted by atomic mass is 9.97. The Balaban J connectivity index is 4.11. The lowest BCUT2D eigenvalue weighted by Crippen LogP contribution is -2.41. The number of carbonyl (C=O) groups excluding carboxylic acids is 1. The number of hydrogen-bond donors (Lipinski definition) is 2. The molecule has 0 aromatic heterocycles. The van der Waals surface area contributed by atoms with Crippen LogP contribution in [-0.2, 0) is 9.59 Å². The maximum atomic E-state index is 10.6. The van der Waals surface area contributed by atoms with Crippen LogP contribution in [0.3, 0.4) is 0 Å². The molecule has 0 spiro atoms. The molecule has 0 bridgehead atoms. The second-order valence-electron chi connectivity index (χ2n) is 2.77. The molecular weight excluding hydrogens is 172 g/mol. The highest BCUT2D eigenvalue weighted by molar-refractivity contribution is 5.76. The fraction of sp³-hybridized carbons (Fsp3) is 0.625. The summed E-state index contributed by atoms with van der Waals surface area (Å²) in [6.07, 6.45) is 1.13. The van der Waals surface area contributed by atoms with Gasteiger partial charge in [-0.1, -0.05) is 6.92 Å². The number of carbonyl (C=O) groups is 2. The van der Waals surface area contributed by atoms with E-state index >= 15 is 0 Å². The van der Waals surface area contributed by atoms with Crippen LogP contribution in [0, 0.1) is 17.2 Å². The Morgan fingerprint density at radius 3 is 2.77 bits per heavy atom.